The van der Waals surface area contributed by atoms with Gasteiger partial charge in [-0.3, -0.25) is 0 Å². The molecule has 0 amide bonds. The maximum absolute atomic E-state index is 10.4. The highest BCUT2D eigenvalue weighted by molar-refractivity contribution is 6.11. The molecule has 3 aromatic carbocycles. The molecule has 4 N–H and O–H groups in total. The van der Waals surface area contributed by atoms with Gasteiger partial charge in [0.05, 0.1) is 13.2 Å². The topological polar surface area (TPSA) is 80.9 Å². The predicted molar refractivity (Wildman–Crippen MR) is 93.3 cm³/mol. The molecule has 0 heterocycles. The van der Waals surface area contributed by atoms with E-state index >= 15 is 0 Å². The van der Waals surface area contributed by atoms with Crippen molar-refractivity contribution in [2.24, 2.45) is 0 Å². The van der Waals surface area contributed by atoms with E-state index in [1.54, 1.807) is 6.08 Å². The van der Waals surface area contributed by atoms with E-state index in [2.05, 4.69) is 0 Å². The molecule has 4 nitrogen and oxygen atoms in total. The van der Waals surface area contributed by atoms with Crippen molar-refractivity contribution >= 4 is 27.6 Å². The molecule has 0 fully saturated rings. The molecule has 0 aromatic heterocycles. The molecule has 0 saturated carbocycles. The summed E-state index contributed by atoms with van der Waals surface area (Å²) in [7, 11) is 0. The van der Waals surface area contributed by atoms with Gasteiger partial charge in [0, 0.05) is 0 Å². The summed E-state index contributed by atoms with van der Waals surface area (Å²) in [5.74, 6) is 0. The van der Waals surface area contributed by atoms with Gasteiger partial charge in [-0.05, 0) is 43.8 Å². The summed E-state index contributed by atoms with van der Waals surface area (Å²) in [5.41, 5.74) is 2.48. The molecule has 24 heavy (non-hydrogen) atoms. The lowest BCUT2D eigenvalue weighted by Gasteiger charge is -2.28. The molecule has 0 spiro atoms. The second-order valence-electron chi connectivity index (χ2n) is 6.10. The Morgan fingerprint density at radius 3 is 2.33 bits per heavy atom. The van der Waals surface area contributed by atoms with Crippen molar-refractivity contribution in [3.63, 3.8) is 0 Å². The fourth-order valence-corrected chi connectivity index (χ4v) is 3.79. The minimum Gasteiger partial charge on any atom is -0.392 e. The SMILES string of the molecule is OCc1c2c(c(CO)c3c1ccc1ccccc13)C=C[C@H](O)[C@H]2O. The highest BCUT2D eigenvalue weighted by Crippen LogP contribution is 2.41. The van der Waals surface area contributed by atoms with Crippen molar-refractivity contribution in [1.29, 1.82) is 0 Å². The van der Waals surface area contributed by atoms with Crippen LogP contribution in [0.1, 0.15) is 28.4 Å². The quantitative estimate of drug-likeness (QED) is 0.546. The fourth-order valence-electron chi connectivity index (χ4n) is 3.79. The van der Waals surface area contributed by atoms with E-state index in [1.807, 2.05) is 36.4 Å². The molecular formula is C20H18O4. The van der Waals surface area contributed by atoms with Crippen LogP contribution in [-0.4, -0.2) is 26.5 Å². The van der Waals surface area contributed by atoms with Crippen LogP contribution in [0.25, 0.3) is 27.6 Å². The summed E-state index contributed by atoms with van der Waals surface area (Å²) in [6.07, 6.45) is 1.10. The lowest BCUT2D eigenvalue weighted by atomic mass is 9.81. The van der Waals surface area contributed by atoms with Crippen molar-refractivity contribution in [3.05, 3.63) is 64.7 Å². The lowest BCUT2D eigenvalue weighted by Crippen LogP contribution is -2.22. The van der Waals surface area contributed by atoms with Gasteiger partial charge in [-0.1, -0.05) is 48.6 Å². The summed E-state index contributed by atoms with van der Waals surface area (Å²) in [6, 6.07) is 11.8. The van der Waals surface area contributed by atoms with Crippen molar-refractivity contribution in [3.8, 4) is 0 Å². The Balaban J connectivity index is 2.25. The van der Waals surface area contributed by atoms with Gasteiger partial charge < -0.3 is 20.4 Å². The van der Waals surface area contributed by atoms with E-state index in [0.717, 1.165) is 21.5 Å². The normalized spacial score (nSPS) is 19.8. The van der Waals surface area contributed by atoms with Crippen LogP contribution in [0.4, 0.5) is 0 Å². The standard InChI is InChI=1S/C20H18O4/c21-9-15-14-7-8-17(23)20(24)19(14)16(10-22)13-6-5-11-3-1-2-4-12(11)18(13)15/h1-8,17,20-24H,9-10H2/t17-,20+/m0/s1. The smallest absolute Gasteiger partial charge is 0.109 e. The van der Waals surface area contributed by atoms with E-state index < -0.39 is 12.2 Å². The minimum atomic E-state index is -1.12. The Hall–Kier alpha value is -2.24. The molecule has 0 radical (unpaired) electrons. The summed E-state index contributed by atoms with van der Waals surface area (Å²) >= 11 is 0. The third kappa shape index (κ3) is 2.01. The van der Waals surface area contributed by atoms with E-state index in [0.29, 0.717) is 22.3 Å². The van der Waals surface area contributed by atoms with E-state index in [-0.39, 0.29) is 13.2 Å². The second-order valence-corrected chi connectivity index (χ2v) is 6.10. The average molecular weight is 322 g/mol. The summed E-state index contributed by atoms with van der Waals surface area (Å²) in [6.45, 7) is -0.438. The Bertz CT molecular complexity index is 974. The van der Waals surface area contributed by atoms with Crippen LogP contribution in [0.3, 0.4) is 0 Å². The number of aliphatic hydroxyl groups excluding tert-OH is 4. The number of hydrogen-bond donors (Lipinski definition) is 4. The largest absolute Gasteiger partial charge is 0.392 e. The zero-order valence-corrected chi connectivity index (χ0v) is 13.0. The molecule has 2 atom stereocenters. The molecule has 122 valence electrons. The molecule has 0 saturated heterocycles. The number of benzene rings is 3. The monoisotopic (exact) mass is 322 g/mol. The third-order valence-electron chi connectivity index (χ3n) is 4.89. The molecule has 0 aliphatic heterocycles. The van der Waals surface area contributed by atoms with Crippen LogP contribution in [0.15, 0.2) is 42.5 Å². The van der Waals surface area contributed by atoms with E-state index in [4.69, 9.17) is 0 Å². The van der Waals surface area contributed by atoms with Crippen molar-refractivity contribution in [1.82, 2.24) is 0 Å². The molecule has 1 aliphatic carbocycles. The molecule has 1 aliphatic rings. The van der Waals surface area contributed by atoms with E-state index in [9.17, 15) is 20.4 Å². The van der Waals surface area contributed by atoms with Gasteiger partial charge in [0.2, 0.25) is 0 Å². The highest BCUT2D eigenvalue weighted by atomic mass is 16.3. The first-order chi connectivity index (χ1) is 11.7. The number of fused-ring (bicyclic) bond motifs is 4. The molecule has 3 aromatic rings. The van der Waals surface area contributed by atoms with Crippen LogP contribution in [0, 0.1) is 0 Å². The lowest BCUT2D eigenvalue weighted by molar-refractivity contribution is 0.0455. The van der Waals surface area contributed by atoms with Gasteiger partial charge >= 0.3 is 0 Å². The first kappa shape index (κ1) is 15.3. The first-order valence-electron chi connectivity index (χ1n) is 7.92. The van der Waals surface area contributed by atoms with Crippen molar-refractivity contribution in [2.75, 3.05) is 0 Å². The van der Waals surface area contributed by atoms with E-state index in [1.165, 1.54) is 6.08 Å². The fraction of sp³-hybridized carbons (Fsp3) is 0.200. The Morgan fingerprint density at radius 1 is 0.833 bits per heavy atom. The number of hydrogen-bond acceptors (Lipinski definition) is 4. The maximum atomic E-state index is 10.4. The molecular weight excluding hydrogens is 304 g/mol. The van der Waals surface area contributed by atoms with Gasteiger partial charge in [-0.2, -0.15) is 0 Å². The van der Waals surface area contributed by atoms with Crippen LogP contribution in [0.2, 0.25) is 0 Å². The second kappa shape index (κ2) is 5.69. The summed E-state index contributed by atoms with van der Waals surface area (Å²) in [4.78, 5) is 0. The molecule has 4 heteroatoms. The zero-order chi connectivity index (χ0) is 16.8. The van der Waals surface area contributed by atoms with Gasteiger partial charge in [0.15, 0.2) is 0 Å². The molecule has 0 unspecified atom stereocenters. The van der Waals surface area contributed by atoms with Crippen LogP contribution < -0.4 is 0 Å². The van der Waals surface area contributed by atoms with Gasteiger partial charge in [0.1, 0.15) is 12.2 Å². The summed E-state index contributed by atoms with van der Waals surface area (Å²) in [5, 5.41) is 44.1. The zero-order valence-electron chi connectivity index (χ0n) is 13.0. The predicted octanol–water partition coefficient (Wildman–Crippen LogP) is 2.40. The van der Waals surface area contributed by atoms with Gasteiger partial charge in [0.25, 0.3) is 0 Å². The highest BCUT2D eigenvalue weighted by Gasteiger charge is 2.29. The van der Waals surface area contributed by atoms with Crippen molar-refractivity contribution < 1.29 is 20.4 Å². The minimum absolute atomic E-state index is 0.189. The Morgan fingerprint density at radius 2 is 1.58 bits per heavy atom. The van der Waals surface area contributed by atoms with Crippen molar-refractivity contribution in [2.45, 2.75) is 25.4 Å². The summed E-state index contributed by atoms with van der Waals surface area (Å²) < 4.78 is 0. The third-order valence-corrected chi connectivity index (χ3v) is 4.89. The first-order valence-corrected chi connectivity index (χ1v) is 7.92. The maximum Gasteiger partial charge on any atom is 0.109 e. The average Bonchev–Trinajstić information content (AvgIpc) is 2.62. The van der Waals surface area contributed by atoms with Crippen LogP contribution in [-0.2, 0) is 13.2 Å². The number of rotatable bonds is 2. The van der Waals surface area contributed by atoms with Crippen LogP contribution >= 0.6 is 0 Å². The Kier molecular flexibility index (Phi) is 3.62. The van der Waals surface area contributed by atoms with Gasteiger partial charge in [-0.15, -0.1) is 0 Å². The van der Waals surface area contributed by atoms with Gasteiger partial charge in [-0.25, -0.2) is 0 Å². The molecule has 0 bridgehead atoms. The van der Waals surface area contributed by atoms with Crippen LogP contribution in [0.5, 0.6) is 0 Å². The Labute approximate surface area is 138 Å². The molecule has 4 rings (SSSR count). The number of aliphatic hydroxyl groups is 4.